The first-order valence-electron chi connectivity index (χ1n) is 11.0. The molecule has 1 spiro atoms. The standard InChI is InChI=1S/C24H22Cl2F4N2O4/c1-35-23(24(28,29)30,15-10-16(25)12-17(26)11-15)20(33)32-8-6-22(7-9-32)19(13-31-21(34)36-22)14-2-4-18(27)5-3-14/h2-5,10-12,19H,6-9,13H2,1H3,(H,31,34)/t19-,23+/m1/s1. The van der Waals surface area contributed by atoms with Gasteiger partial charge in [-0.25, -0.2) is 9.18 Å². The van der Waals surface area contributed by atoms with E-state index in [1.54, 1.807) is 12.1 Å². The van der Waals surface area contributed by atoms with Crippen LogP contribution < -0.4 is 5.32 Å². The fourth-order valence-electron chi connectivity index (χ4n) is 5.03. The molecule has 0 aromatic heterocycles. The fraction of sp³-hybridized carbons (Fsp3) is 0.417. The van der Waals surface area contributed by atoms with Gasteiger partial charge in [-0.05, 0) is 35.9 Å². The molecule has 2 aliphatic rings. The molecule has 36 heavy (non-hydrogen) atoms. The maximum absolute atomic E-state index is 14.5. The number of benzene rings is 2. The van der Waals surface area contributed by atoms with Crippen LogP contribution >= 0.6 is 23.2 Å². The lowest BCUT2D eigenvalue weighted by atomic mass is 9.74. The van der Waals surface area contributed by atoms with Crippen LogP contribution in [0.1, 0.15) is 29.9 Å². The van der Waals surface area contributed by atoms with E-state index >= 15 is 0 Å². The summed E-state index contributed by atoms with van der Waals surface area (Å²) < 4.78 is 67.5. The molecular formula is C24H22Cl2F4N2O4. The van der Waals surface area contributed by atoms with Crippen molar-refractivity contribution < 1.29 is 36.6 Å². The molecule has 6 nitrogen and oxygen atoms in total. The lowest BCUT2D eigenvalue weighted by molar-refractivity contribution is -0.271. The molecule has 2 aliphatic heterocycles. The highest BCUT2D eigenvalue weighted by molar-refractivity contribution is 6.34. The summed E-state index contributed by atoms with van der Waals surface area (Å²) in [7, 11) is 0.796. The molecule has 2 heterocycles. The predicted octanol–water partition coefficient (Wildman–Crippen LogP) is 5.42. The third kappa shape index (κ3) is 4.62. The predicted molar refractivity (Wildman–Crippen MR) is 123 cm³/mol. The van der Waals surface area contributed by atoms with Crippen molar-refractivity contribution in [2.75, 3.05) is 26.7 Å². The number of piperidine rings is 1. The summed E-state index contributed by atoms with van der Waals surface area (Å²) in [5, 5.41) is 2.44. The zero-order valence-electron chi connectivity index (χ0n) is 19.0. The van der Waals surface area contributed by atoms with Crippen LogP contribution in [-0.4, -0.2) is 55.4 Å². The highest BCUT2D eigenvalue weighted by Gasteiger charge is 2.64. The second kappa shape index (κ2) is 9.72. The van der Waals surface area contributed by atoms with Gasteiger partial charge < -0.3 is 19.7 Å². The number of ether oxygens (including phenoxy) is 2. The number of nitrogens with one attached hydrogen (secondary N) is 1. The molecule has 0 aliphatic carbocycles. The van der Waals surface area contributed by atoms with E-state index in [4.69, 9.17) is 32.7 Å². The van der Waals surface area contributed by atoms with Crippen molar-refractivity contribution >= 4 is 35.2 Å². The number of carbonyl (C=O) groups excluding carboxylic acids is 2. The Hall–Kier alpha value is -2.56. The zero-order chi connectivity index (χ0) is 26.3. The maximum atomic E-state index is 14.5. The molecule has 0 bridgehead atoms. The van der Waals surface area contributed by atoms with Crippen LogP contribution in [0.15, 0.2) is 42.5 Å². The molecule has 0 radical (unpaired) electrons. The molecule has 2 amide bonds. The Morgan fingerprint density at radius 1 is 1.11 bits per heavy atom. The third-order valence-electron chi connectivity index (χ3n) is 6.83. The molecule has 194 valence electrons. The van der Waals surface area contributed by atoms with E-state index in [2.05, 4.69) is 5.32 Å². The number of likely N-dealkylation sites (tertiary alicyclic amines) is 1. The number of hydrogen-bond acceptors (Lipinski definition) is 4. The number of hydrogen-bond donors (Lipinski definition) is 1. The van der Waals surface area contributed by atoms with Crippen LogP contribution in [0.25, 0.3) is 0 Å². The van der Waals surface area contributed by atoms with Gasteiger partial charge in [0.05, 0.1) is 0 Å². The first-order valence-corrected chi connectivity index (χ1v) is 11.8. The Bertz CT molecular complexity index is 1130. The maximum Gasteiger partial charge on any atom is 0.430 e. The number of rotatable bonds is 4. The van der Waals surface area contributed by atoms with Crippen LogP contribution in [0.5, 0.6) is 0 Å². The summed E-state index contributed by atoms with van der Waals surface area (Å²) in [4.78, 5) is 26.6. The van der Waals surface area contributed by atoms with E-state index in [-0.39, 0.29) is 42.5 Å². The van der Waals surface area contributed by atoms with Gasteiger partial charge in [-0.2, -0.15) is 13.2 Å². The number of methoxy groups -OCH3 is 1. The summed E-state index contributed by atoms with van der Waals surface area (Å²) in [5.41, 5.74) is -4.26. The molecule has 12 heteroatoms. The molecule has 2 saturated heterocycles. The topological polar surface area (TPSA) is 67.9 Å². The number of nitrogens with zero attached hydrogens (tertiary/aromatic N) is 1. The van der Waals surface area contributed by atoms with Crippen molar-refractivity contribution in [2.24, 2.45) is 0 Å². The van der Waals surface area contributed by atoms with Crippen molar-refractivity contribution in [2.45, 2.75) is 36.1 Å². The van der Waals surface area contributed by atoms with Crippen molar-refractivity contribution in [3.8, 4) is 0 Å². The largest absolute Gasteiger partial charge is 0.442 e. The molecule has 2 fully saturated rings. The Balaban J connectivity index is 1.64. The summed E-state index contributed by atoms with van der Waals surface area (Å²) in [6, 6.07) is 8.94. The Morgan fingerprint density at radius 3 is 2.22 bits per heavy atom. The summed E-state index contributed by atoms with van der Waals surface area (Å²) in [5.74, 6) is -2.16. The summed E-state index contributed by atoms with van der Waals surface area (Å²) in [6.07, 6.45) is -5.66. The SMILES string of the molecule is CO[C@](C(=O)N1CCC2(CC1)OC(=O)NC[C@@H]2c1ccc(F)cc1)(c1cc(Cl)cc(Cl)c1)C(F)(F)F. The number of alkyl carbamates (subject to hydrolysis) is 1. The van der Waals surface area contributed by atoms with Gasteiger partial charge in [0.15, 0.2) is 0 Å². The monoisotopic (exact) mass is 548 g/mol. The Labute approximate surface area is 214 Å². The molecule has 2 aromatic carbocycles. The highest BCUT2D eigenvalue weighted by atomic mass is 35.5. The normalized spacial score (nSPS) is 21.5. The highest BCUT2D eigenvalue weighted by Crippen LogP contribution is 2.47. The van der Waals surface area contributed by atoms with E-state index in [0.717, 1.165) is 24.1 Å². The van der Waals surface area contributed by atoms with Crippen LogP contribution in [0.4, 0.5) is 22.4 Å². The van der Waals surface area contributed by atoms with E-state index in [9.17, 15) is 27.2 Å². The third-order valence-corrected chi connectivity index (χ3v) is 7.26. The average molecular weight is 549 g/mol. The van der Waals surface area contributed by atoms with Crippen molar-refractivity contribution in [1.29, 1.82) is 0 Å². The van der Waals surface area contributed by atoms with Gasteiger partial charge in [0.2, 0.25) is 0 Å². The quantitative estimate of drug-likeness (QED) is 0.518. The van der Waals surface area contributed by atoms with E-state index in [1.165, 1.54) is 18.2 Å². The van der Waals surface area contributed by atoms with Gasteiger partial charge in [0, 0.05) is 61.1 Å². The number of alkyl halides is 3. The van der Waals surface area contributed by atoms with Crippen LogP contribution in [0.2, 0.25) is 10.0 Å². The lowest BCUT2D eigenvalue weighted by Gasteiger charge is -2.49. The molecule has 2 aromatic rings. The van der Waals surface area contributed by atoms with E-state index < -0.39 is 46.7 Å². The van der Waals surface area contributed by atoms with Crippen molar-refractivity contribution in [1.82, 2.24) is 10.2 Å². The first-order chi connectivity index (χ1) is 16.9. The summed E-state index contributed by atoms with van der Waals surface area (Å²) in [6.45, 7) is -0.0808. The number of halogens is 6. The van der Waals surface area contributed by atoms with Crippen LogP contribution in [0.3, 0.4) is 0 Å². The smallest absolute Gasteiger partial charge is 0.430 e. The van der Waals surface area contributed by atoms with Crippen molar-refractivity contribution in [3.63, 3.8) is 0 Å². The van der Waals surface area contributed by atoms with Gasteiger partial charge in [-0.1, -0.05) is 35.3 Å². The molecule has 4 rings (SSSR count). The summed E-state index contributed by atoms with van der Waals surface area (Å²) >= 11 is 11.9. The van der Waals surface area contributed by atoms with Gasteiger partial charge >= 0.3 is 12.3 Å². The first kappa shape index (κ1) is 26.5. The molecule has 0 unspecified atom stereocenters. The van der Waals surface area contributed by atoms with Crippen LogP contribution in [0, 0.1) is 5.82 Å². The molecular weight excluding hydrogens is 527 g/mol. The number of carbonyl (C=O) groups is 2. The zero-order valence-corrected chi connectivity index (χ0v) is 20.5. The minimum Gasteiger partial charge on any atom is -0.442 e. The Morgan fingerprint density at radius 2 is 1.69 bits per heavy atom. The average Bonchev–Trinajstić information content (AvgIpc) is 2.80. The fourth-order valence-corrected chi connectivity index (χ4v) is 5.55. The van der Waals surface area contributed by atoms with Gasteiger partial charge in [0.25, 0.3) is 11.5 Å². The minimum atomic E-state index is -5.14. The second-order valence-electron chi connectivity index (χ2n) is 8.77. The minimum absolute atomic E-state index is 0.0716. The number of amides is 2. The van der Waals surface area contributed by atoms with E-state index in [1.807, 2.05) is 0 Å². The lowest BCUT2D eigenvalue weighted by Crippen LogP contribution is -2.62. The van der Waals surface area contributed by atoms with E-state index in [0.29, 0.717) is 5.56 Å². The van der Waals surface area contributed by atoms with Gasteiger partial charge in [-0.15, -0.1) is 0 Å². The van der Waals surface area contributed by atoms with Gasteiger partial charge in [0.1, 0.15) is 11.4 Å². The van der Waals surface area contributed by atoms with Crippen LogP contribution in [-0.2, 0) is 19.9 Å². The second-order valence-corrected chi connectivity index (χ2v) is 9.65. The van der Waals surface area contributed by atoms with Crippen molar-refractivity contribution in [3.05, 3.63) is 69.5 Å². The molecule has 0 saturated carbocycles. The molecule has 2 atom stereocenters. The molecule has 1 N–H and O–H groups in total. The Kier molecular flexibility index (Phi) is 7.15. The van der Waals surface area contributed by atoms with Gasteiger partial charge in [-0.3, -0.25) is 4.79 Å².